The highest BCUT2D eigenvalue weighted by Crippen LogP contribution is 2.22. The van der Waals surface area contributed by atoms with E-state index in [-0.39, 0.29) is 0 Å². The first-order valence-corrected chi connectivity index (χ1v) is 6.46. The zero-order valence-corrected chi connectivity index (χ0v) is 11.5. The van der Waals surface area contributed by atoms with Gasteiger partial charge in [-0.15, -0.1) is 5.10 Å². The first-order valence-electron chi connectivity index (χ1n) is 6.46. The van der Waals surface area contributed by atoms with Gasteiger partial charge in [0.2, 0.25) is 5.95 Å². The molecule has 6 heteroatoms. The quantitative estimate of drug-likeness (QED) is 0.716. The van der Waals surface area contributed by atoms with Crippen LogP contribution in [0.2, 0.25) is 0 Å². The van der Waals surface area contributed by atoms with Gasteiger partial charge in [0, 0.05) is 23.8 Å². The largest absolute Gasteiger partial charge is 0.399 e. The molecule has 6 nitrogen and oxygen atoms in total. The molecule has 2 aromatic heterocycles. The summed E-state index contributed by atoms with van der Waals surface area (Å²) in [5, 5.41) is 11.1. The summed E-state index contributed by atoms with van der Waals surface area (Å²) >= 11 is 0. The van der Waals surface area contributed by atoms with E-state index in [9.17, 15) is 0 Å². The van der Waals surface area contributed by atoms with E-state index in [1.165, 1.54) is 0 Å². The van der Waals surface area contributed by atoms with Crippen LogP contribution in [0.1, 0.15) is 5.56 Å². The van der Waals surface area contributed by atoms with Crippen molar-refractivity contribution in [1.82, 2.24) is 20.2 Å². The fourth-order valence-electron chi connectivity index (χ4n) is 1.89. The molecule has 21 heavy (non-hydrogen) atoms. The van der Waals surface area contributed by atoms with E-state index in [0.29, 0.717) is 23.0 Å². The first-order chi connectivity index (χ1) is 10.2. The minimum atomic E-state index is 0.492. The zero-order chi connectivity index (χ0) is 14.7. The Kier molecular flexibility index (Phi) is 3.42. The van der Waals surface area contributed by atoms with Gasteiger partial charge in [0.15, 0.2) is 0 Å². The number of aryl methyl sites for hydroxylation is 1. The van der Waals surface area contributed by atoms with E-state index < -0.39 is 0 Å². The lowest BCUT2D eigenvalue weighted by molar-refractivity contribution is 1.02. The van der Waals surface area contributed by atoms with Crippen LogP contribution in [-0.2, 0) is 0 Å². The van der Waals surface area contributed by atoms with Crippen molar-refractivity contribution in [2.75, 3.05) is 11.1 Å². The van der Waals surface area contributed by atoms with Crippen LogP contribution in [0.3, 0.4) is 0 Å². The summed E-state index contributed by atoms with van der Waals surface area (Å²) in [4.78, 5) is 8.66. The number of nitrogens with two attached hydrogens (primary N) is 1. The molecule has 0 atom stereocenters. The zero-order valence-electron chi connectivity index (χ0n) is 11.5. The van der Waals surface area contributed by atoms with Gasteiger partial charge in [0.25, 0.3) is 0 Å². The lowest BCUT2D eigenvalue weighted by Gasteiger charge is -2.09. The summed E-state index contributed by atoms with van der Waals surface area (Å²) in [6.45, 7) is 1.99. The summed E-state index contributed by atoms with van der Waals surface area (Å²) < 4.78 is 0. The van der Waals surface area contributed by atoms with Crippen molar-refractivity contribution in [2.45, 2.75) is 6.92 Å². The number of nitrogens with one attached hydrogen (secondary N) is 1. The van der Waals surface area contributed by atoms with Crippen molar-refractivity contribution in [3.05, 3.63) is 54.4 Å². The molecule has 3 N–H and O–H groups in total. The summed E-state index contributed by atoms with van der Waals surface area (Å²) in [6.07, 6.45) is 3.31. The maximum absolute atomic E-state index is 5.80. The highest BCUT2D eigenvalue weighted by atomic mass is 15.1. The molecule has 1 aromatic carbocycles. The number of nitrogens with zero attached hydrogens (tertiary/aromatic N) is 4. The van der Waals surface area contributed by atoms with Crippen molar-refractivity contribution in [1.29, 1.82) is 0 Å². The summed E-state index contributed by atoms with van der Waals surface area (Å²) in [7, 11) is 0. The summed E-state index contributed by atoms with van der Waals surface area (Å²) in [5.41, 5.74) is 9.85. The Balaban J connectivity index is 1.92. The minimum Gasteiger partial charge on any atom is -0.399 e. The smallest absolute Gasteiger partial charge is 0.227 e. The van der Waals surface area contributed by atoms with E-state index in [1.54, 1.807) is 18.5 Å². The molecule has 0 aliphatic rings. The topological polar surface area (TPSA) is 89.6 Å². The Morgan fingerprint density at radius 3 is 2.76 bits per heavy atom. The molecule has 0 aliphatic carbocycles. The third-order valence-electron chi connectivity index (χ3n) is 3.00. The molecule has 0 fully saturated rings. The SMILES string of the molecule is Cc1ccc(N)cc1Nc1nccc(-c2cccnn2)n1. The fourth-order valence-corrected chi connectivity index (χ4v) is 1.89. The van der Waals surface area contributed by atoms with Gasteiger partial charge < -0.3 is 11.1 Å². The molecule has 0 bridgehead atoms. The van der Waals surface area contributed by atoms with Crippen molar-refractivity contribution in [3.8, 4) is 11.4 Å². The number of aromatic nitrogens is 4. The minimum absolute atomic E-state index is 0.492. The van der Waals surface area contributed by atoms with Crippen LogP contribution in [0.5, 0.6) is 0 Å². The molecule has 0 amide bonds. The molecule has 0 radical (unpaired) electrons. The molecule has 0 saturated heterocycles. The second-order valence-electron chi connectivity index (χ2n) is 4.57. The highest BCUT2D eigenvalue weighted by Gasteiger charge is 2.05. The van der Waals surface area contributed by atoms with Crippen LogP contribution >= 0.6 is 0 Å². The highest BCUT2D eigenvalue weighted by molar-refractivity contribution is 5.65. The van der Waals surface area contributed by atoms with E-state index in [1.807, 2.05) is 37.3 Å². The Morgan fingerprint density at radius 1 is 1.05 bits per heavy atom. The third kappa shape index (κ3) is 2.94. The number of hydrogen-bond donors (Lipinski definition) is 2. The first kappa shape index (κ1) is 13.0. The number of nitrogen functional groups attached to an aromatic ring is 1. The van der Waals surface area contributed by atoms with Gasteiger partial charge in [-0.25, -0.2) is 9.97 Å². The van der Waals surface area contributed by atoms with Gasteiger partial charge in [0.1, 0.15) is 5.69 Å². The van der Waals surface area contributed by atoms with E-state index >= 15 is 0 Å². The van der Waals surface area contributed by atoms with E-state index in [0.717, 1.165) is 11.3 Å². The molecule has 2 heterocycles. The van der Waals surface area contributed by atoms with Crippen molar-refractivity contribution in [2.24, 2.45) is 0 Å². The molecule has 3 rings (SSSR count). The summed E-state index contributed by atoms with van der Waals surface area (Å²) in [6, 6.07) is 11.1. The Morgan fingerprint density at radius 2 is 1.95 bits per heavy atom. The second-order valence-corrected chi connectivity index (χ2v) is 4.57. The Hall–Kier alpha value is -3.02. The van der Waals surface area contributed by atoms with Gasteiger partial charge >= 0.3 is 0 Å². The van der Waals surface area contributed by atoms with Gasteiger partial charge in [0.05, 0.1) is 5.69 Å². The predicted octanol–water partition coefficient (Wildman–Crippen LogP) is 2.57. The number of anilines is 3. The van der Waals surface area contributed by atoms with Crippen LogP contribution in [0.25, 0.3) is 11.4 Å². The number of hydrogen-bond acceptors (Lipinski definition) is 6. The van der Waals surface area contributed by atoms with Crippen LogP contribution in [0.4, 0.5) is 17.3 Å². The normalized spacial score (nSPS) is 10.3. The molecule has 0 spiro atoms. The number of benzene rings is 1. The monoisotopic (exact) mass is 278 g/mol. The molecule has 0 unspecified atom stereocenters. The third-order valence-corrected chi connectivity index (χ3v) is 3.00. The van der Waals surface area contributed by atoms with Gasteiger partial charge in [-0.3, -0.25) is 0 Å². The molecular formula is C15H14N6. The van der Waals surface area contributed by atoms with Crippen LogP contribution in [0.15, 0.2) is 48.8 Å². The summed E-state index contributed by atoms with van der Waals surface area (Å²) in [5.74, 6) is 0.492. The number of rotatable bonds is 3. The Bertz CT molecular complexity index is 757. The maximum atomic E-state index is 5.80. The lowest BCUT2D eigenvalue weighted by atomic mass is 10.2. The molecule has 104 valence electrons. The van der Waals surface area contributed by atoms with Crippen molar-refractivity contribution in [3.63, 3.8) is 0 Å². The van der Waals surface area contributed by atoms with Crippen molar-refractivity contribution >= 4 is 17.3 Å². The second kappa shape index (κ2) is 5.54. The Labute approximate surface area is 122 Å². The predicted molar refractivity (Wildman–Crippen MR) is 81.9 cm³/mol. The van der Waals surface area contributed by atoms with Crippen molar-refractivity contribution < 1.29 is 0 Å². The molecular weight excluding hydrogens is 264 g/mol. The molecule has 0 saturated carbocycles. The van der Waals surface area contributed by atoms with Gasteiger partial charge in [-0.1, -0.05) is 6.07 Å². The van der Waals surface area contributed by atoms with E-state index in [4.69, 9.17) is 5.73 Å². The van der Waals surface area contributed by atoms with Crippen LogP contribution in [0, 0.1) is 6.92 Å². The lowest BCUT2D eigenvalue weighted by Crippen LogP contribution is -2.01. The average molecular weight is 278 g/mol. The van der Waals surface area contributed by atoms with E-state index in [2.05, 4.69) is 25.5 Å². The standard InChI is InChI=1S/C15H14N6/c1-10-4-5-11(16)9-14(10)20-15-17-8-6-12(19-15)13-3-2-7-18-21-13/h2-9H,16H2,1H3,(H,17,19,20). The molecule has 0 aliphatic heterocycles. The van der Waals surface area contributed by atoms with Crippen LogP contribution in [-0.4, -0.2) is 20.2 Å². The average Bonchev–Trinajstić information content (AvgIpc) is 2.52. The van der Waals surface area contributed by atoms with Crippen LogP contribution < -0.4 is 11.1 Å². The molecule has 3 aromatic rings. The fraction of sp³-hybridized carbons (Fsp3) is 0.0667. The van der Waals surface area contributed by atoms with Gasteiger partial charge in [-0.2, -0.15) is 5.10 Å². The maximum Gasteiger partial charge on any atom is 0.227 e. The van der Waals surface area contributed by atoms with Gasteiger partial charge in [-0.05, 0) is 42.8 Å².